The number of nitrogens with zero attached hydrogens (tertiary/aromatic N) is 4. The van der Waals surface area contributed by atoms with Crippen molar-refractivity contribution in [2.24, 2.45) is 5.92 Å². The van der Waals surface area contributed by atoms with Gasteiger partial charge in [0.15, 0.2) is 17.3 Å². The fourth-order valence-electron chi connectivity index (χ4n) is 3.78. The van der Waals surface area contributed by atoms with Crippen LogP contribution in [0.2, 0.25) is 0 Å². The van der Waals surface area contributed by atoms with Crippen LogP contribution in [0.4, 0.5) is 5.82 Å². The molecule has 1 aromatic carbocycles. The first-order valence-electron chi connectivity index (χ1n) is 10.2. The van der Waals surface area contributed by atoms with Gasteiger partial charge in [0.1, 0.15) is 0 Å². The highest BCUT2D eigenvalue weighted by Crippen LogP contribution is 2.31. The van der Waals surface area contributed by atoms with E-state index in [0.29, 0.717) is 17.3 Å². The third kappa shape index (κ3) is 3.50. The molecule has 0 amide bonds. The van der Waals surface area contributed by atoms with Crippen LogP contribution in [0.25, 0.3) is 28.6 Å². The van der Waals surface area contributed by atoms with Crippen LogP contribution < -0.4 is 11.1 Å². The quantitative estimate of drug-likeness (QED) is 0.668. The molecular formula is C22H22N6O2. The summed E-state index contributed by atoms with van der Waals surface area (Å²) in [7, 11) is 0. The molecule has 3 heterocycles. The van der Waals surface area contributed by atoms with Gasteiger partial charge in [-0.05, 0) is 37.0 Å². The molecule has 0 bridgehead atoms. The molecule has 1 aliphatic carbocycles. The molecule has 1 atom stereocenters. The van der Waals surface area contributed by atoms with Gasteiger partial charge in [-0.2, -0.15) is 0 Å². The lowest BCUT2D eigenvalue weighted by Crippen LogP contribution is -2.43. The second-order valence-electron chi connectivity index (χ2n) is 7.67. The number of nitrogens with one attached hydrogen (secondary N) is 1. The summed E-state index contributed by atoms with van der Waals surface area (Å²) in [5, 5.41) is 11.5. The van der Waals surface area contributed by atoms with E-state index >= 15 is 0 Å². The van der Waals surface area contributed by atoms with Crippen LogP contribution in [0.1, 0.15) is 31.4 Å². The topological polar surface area (TPSA) is 120 Å². The molecule has 3 N–H and O–H groups in total. The molecule has 30 heavy (non-hydrogen) atoms. The first-order chi connectivity index (χ1) is 14.7. The average Bonchev–Trinajstić information content (AvgIpc) is 3.24. The van der Waals surface area contributed by atoms with E-state index in [1.807, 2.05) is 36.4 Å². The van der Waals surface area contributed by atoms with Gasteiger partial charge in [-0.1, -0.05) is 30.7 Å². The van der Waals surface area contributed by atoms with Crippen molar-refractivity contribution in [2.45, 2.75) is 31.7 Å². The van der Waals surface area contributed by atoms with Gasteiger partial charge in [-0.25, -0.2) is 9.97 Å². The monoisotopic (exact) mass is 402 g/mol. The molecule has 2 aliphatic rings. The van der Waals surface area contributed by atoms with Crippen molar-refractivity contribution < 1.29 is 9.21 Å². The number of carbonyl (C=O) groups is 1. The molecule has 0 spiro atoms. The Kier molecular flexibility index (Phi) is 4.84. The van der Waals surface area contributed by atoms with Crippen LogP contribution >= 0.6 is 0 Å². The van der Waals surface area contributed by atoms with Crippen molar-refractivity contribution in [1.29, 1.82) is 0 Å². The lowest BCUT2D eigenvalue weighted by atomic mass is 9.79. The van der Waals surface area contributed by atoms with Gasteiger partial charge in [0.05, 0.1) is 17.9 Å². The van der Waals surface area contributed by atoms with E-state index in [0.717, 1.165) is 43.4 Å². The zero-order valence-corrected chi connectivity index (χ0v) is 16.4. The normalized spacial score (nSPS) is 19.2. The van der Waals surface area contributed by atoms with Crippen LogP contribution in [-0.2, 0) is 4.79 Å². The van der Waals surface area contributed by atoms with Gasteiger partial charge in [0.2, 0.25) is 5.89 Å². The summed E-state index contributed by atoms with van der Waals surface area (Å²) < 4.78 is 5.80. The summed E-state index contributed by atoms with van der Waals surface area (Å²) in [5.41, 5.74) is 8.87. The second-order valence-corrected chi connectivity index (χ2v) is 7.67. The zero-order valence-electron chi connectivity index (χ0n) is 16.4. The predicted molar refractivity (Wildman–Crippen MR) is 112 cm³/mol. The number of hydrogen-bond acceptors (Lipinski definition) is 8. The Bertz CT molecular complexity index is 1100. The minimum absolute atomic E-state index is 0.181. The van der Waals surface area contributed by atoms with Gasteiger partial charge in [-0.3, -0.25) is 4.79 Å². The van der Waals surface area contributed by atoms with Crippen LogP contribution in [0.3, 0.4) is 0 Å². The van der Waals surface area contributed by atoms with Crippen LogP contribution in [0.15, 0.2) is 47.0 Å². The Labute approximate surface area is 173 Å². The number of anilines is 1. The highest BCUT2D eigenvalue weighted by molar-refractivity contribution is 5.91. The molecule has 3 aromatic rings. The lowest BCUT2D eigenvalue weighted by molar-refractivity contribution is -0.126. The molecule has 1 aliphatic heterocycles. The maximum absolute atomic E-state index is 12.6. The Balaban J connectivity index is 1.44. The van der Waals surface area contributed by atoms with Crippen LogP contribution in [0.5, 0.6) is 0 Å². The molecule has 2 aromatic heterocycles. The number of aromatic nitrogens is 4. The van der Waals surface area contributed by atoms with E-state index in [9.17, 15) is 4.79 Å². The van der Waals surface area contributed by atoms with E-state index < -0.39 is 0 Å². The van der Waals surface area contributed by atoms with Crippen LogP contribution in [-0.4, -0.2) is 38.5 Å². The summed E-state index contributed by atoms with van der Waals surface area (Å²) in [6, 6.07) is 9.24. The smallest absolute Gasteiger partial charge is 0.270 e. The molecule has 0 saturated heterocycles. The Morgan fingerprint density at radius 1 is 1.13 bits per heavy atom. The molecular weight excluding hydrogens is 380 g/mol. The maximum atomic E-state index is 12.6. The summed E-state index contributed by atoms with van der Waals surface area (Å²) in [4.78, 5) is 21.6. The van der Waals surface area contributed by atoms with Crippen molar-refractivity contribution in [3.63, 3.8) is 0 Å². The Morgan fingerprint density at radius 3 is 2.70 bits per heavy atom. The predicted octanol–water partition coefficient (Wildman–Crippen LogP) is 2.89. The van der Waals surface area contributed by atoms with Crippen LogP contribution in [0, 0.1) is 5.92 Å². The zero-order chi connectivity index (χ0) is 20.5. The standard InChI is InChI=1S/C22H22N6O2/c23-20-18(22-28-27-21(30-22)14-5-2-1-3-6-14)26-17(12-25-20)15-9-10-24-16(11-15)19(29)13-7-4-8-13/h1-3,5-6,11-13,16,24H,4,7-10H2,(H2,23,25). The van der Waals surface area contributed by atoms with E-state index in [1.165, 1.54) is 0 Å². The van der Waals surface area contributed by atoms with Crippen molar-refractivity contribution in [3.8, 4) is 23.0 Å². The summed E-state index contributed by atoms with van der Waals surface area (Å²) in [5.74, 6) is 1.29. The van der Waals surface area contributed by atoms with Crippen molar-refractivity contribution in [3.05, 3.63) is 48.3 Å². The molecule has 1 unspecified atom stereocenters. The molecule has 1 fully saturated rings. The first kappa shape index (κ1) is 18.6. The number of benzene rings is 1. The minimum Gasteiger partial charge on any atom is -0.414 e. The highest BCUT2D eigenvalue weighted by Gasteiger charge is 2.31. The molecule has 8 nitrogen and oxygen atoms in total. The summed E-state index contributed by atoms with van der Waals surface area (Å²) in [6.07, 6.45) is 7.49. The number of nitrogens with two attached hydrogens (primary N) is 1. The molecule has 5 rings (SSSR count). The number of rotatable bonds is 5. The Hall–Kier alpha value is -3.39. The van der Waals surface area contributed by atoms with Crippen molar-refractivity contribution >= 4 is 17.2 Å². The van der Waals surface area contributed by atoms with Gasteiger partial charge < -0.3 is 15.5 Å². The van der Waals surface area contributed by atoms with E-state index in [2.05, 4.69) is 25.5 Å². The second kappa shape index (κ2) is 7.79. The van der Waals surface area contributed by atoms with Gasteiger partial charge in [0, 0.05) is 18.0 Å². The van der Waals surface area contributed by atoms with Gasteiger partial charge in [-0.15, -0.1) is 10.2 Å². The minimum atomic E-state index is -0.269. The number of nitrogen functional groups attached to an aromatic ring is 1. The number of carbonyl (C=O) groups excluding carboxylic acids is 1. The first-order valence-corrected chi connectivity index (χ1v) is 10.2. The Morgan fingerprint density at radius 2 is 1.93 bits per heavy atom. The number of ketones is 1. The summed E-state index contributed by atoms with van der Waals surface area (Å²) in [6.45, 7) is 0.717. The van der Waals surface area contributed by atoms with Crippen molar-refractivity contribution in [2.75, 3.05) is 12.3 Å². The maximum Gasteiger partial charge on any atom is 0.270 e. The summed E-state index contributed by atoms with van der Waals surface area (Å²) >= 11 is 0. The molecule has 152 valence electrons. The number of Topliss-reactive ketones (excluding diaryl/α,β-unsaturated/α-hetero) is 1. The fourth-order valence-corrected chi connectivity index (χ4v) is 3.78. The molecule has 8 heteroatoms. The fraction of sp³-hybridized carbons (Fsp3) is 0.318. The van der Waals surface area contributed by atoms with Crippen molar-refractivity contribution in [1.82, 2.24) is 25.5 Å². The third-order valence-electron chi connectivity index (χ3n) is 5.72. The number of hydrogen-bond donors (Lipinski definition) is 2. The third-order valence-corrected chi connectivity index (χ3v) is 5.72. The molecule has 1 saturated carbocycles. The lowest BCUT2D eigenvalue weighted by Gasteiger charge is -2.30. The largest absolute Gasteiger partial charge is 0.414 e. The molecule has 0 radical (unpaired) electrons. The average molecular weight is 402 g/mol. The van der Waals surface area contributed by atoms with E-state index in [1.54, 1.807) is 6.20 Å². The highest BCUT2D eigenvalue weighted by atomic mass is 16.4. The van der Waals surface area contributed by atoms with E-state index in [-0.39, 0.29) is 29.5 Å². The van der Waals surface area contributed by atoms with Gasteiger partial charge >= 0.3 is 0 Å². The van der Waals surface area contributed by atoms with Gasteiger partial charge in [0.25, 0.3) is 5.89 Å². The van der Waals surface area contributed by atoms with E-state index in [4.69, 9.17) is 10.2 Å². The SMILES string of the molecule is Nc1ncc(C2=CC(C(=O)C3CCC3)NCC2)nc1-c1nnc(-c2ccccc2)o1.